The van der Waals surface area contributed by atoms with E-state index in [0.29, 0.717) is 10.6 Å². The van der Waals surface area contributed by atoms with Crippen LogP contribution in [0.2, 0.25) is 0 Å². The van der Waals surface area contributed by atoms with Crippen LogP contribution in [0.4, 0.5) is 0 Å². The van der Waals surface area contributed by atoms with E-state index >= 15 is 0 Å². The van der Waals surface area contributed by atoms with Crippen molar-refractivity contribution in [1.29, 1.82) is 5.26 Å². The minimum atomic E-state index is -0.809. The largest absolute Gasteiger partial charge is 0.466 e. The molecule has 1 unspecified atom stereocenters. The van der Waals surface area contributed by atoms with Gasteiger partial charge < -0.3 is 4.74 Å². The molecule has 0 aromatic heterocycles. The summed E-state index contributed by atoms with van der Waals surface area (Å²) in [4.78, 5) is 14.2. The van der Waals surface area contributed by atoms with Crippen LogP contribution in [0.25, 0.3) is 10.4 Å². The molecule has 0 fully saturated rings. The van der Waals surface area contributed by atoms with Crippen molar-refractivity contribution < 1.29 is 9.53 Å². The van der Waals surface area contributed by atoms with Gasteiger partial charge in [-0.1, -0.05) is 59.4 Å². The molecule has 1 atom stereocenters. The average molecular weight is 348 g/mol. The molecule has 1 rings (SSSR count). The standard InChI is InChI=1S/C15H16N4O2S2/c1-15(11-16,8-7-13(20)21-10-9-18-19-17)23-14(22)12-5-3-2-4-6-12/h2-6H,7-10H2,1H3. The number of carbonyl (C=O) groups is 1. The fraction of sp³-hybridized carbons (Fsp3) is 0.400. The van der Waals surface area contributed by atoms with Gasteiger partial charge in [-0.2, -0.15) is 5.26 Å². The van der Waals surface area contributed by atoms with Crippen LogP contribution >= 0.6 is 24.0 Å². The summed E-state index contributed by atoms with van der Waals surface area (Å²) in [5.41, 5.74) is 9.00. The third-order valence-corrected chi connectivity index (χ3v) is 4.54. The van der Waals surface area contributed by atoms with Crippen LogP contribution in [0.3, 0.4) is 0 Å². The first-order chi connectivity index (χ1) is 11.0. The summed E-state index contributed by atoms with van der Waals surface area (Å²) >= 11 is 6.63. The number of nitriles is 1. The maximum atomic E-state index is 11.6. The van der Waals surface area contributed by atoms with E-state index in [9.17, 15) is 10.1 Å². The van der Waals surface area contributed by atoms with E-state index in [0.717, 1.165) is 5.56 Å². The third kappa shape index (κ3) is 7.15. The molecule has 0 saturated heterocycles. The van der Waals surface area contributed by atoms with Gasteiger partial charge in [0.05, 0.1) is 23.4 Å². The summed E-state index contributed by atoms with van der Waals surface area (Å²) in [6, 6.07) is 11.6. The topological polar surface area (TPSA) is 98.9 Å². The second kappa shape index (κ2) is 9.85. The van der Waals surface area contributed by atoms with Crippen LogP contribution in [0.15, 0.2) is 35.4 Å². The van der Waals surface area contributed by atoms with Crippen LogP contribution in [0.5, 0.6) is 0 Å². The minimum Gasteiger partial charge on any atom is -0.466 e. The Kier molecular flexibility index (Phi) is 8.13. The van der Waals surface area contributed by atoms with Crippen molar-refractivity contribution in [2.24, 2.45) is 5.11 Å². The average Bonchev–Trinajstić information content (AvgIpc) is 2.57. The first kappa shape index (κ1) is 19.0. The van der Waals surface area contributed by atoms with Crippen LogP contribution in [0.1, 0.15) is 25.3 Å². The highest BCUT2D eigenvalue weighted by atomic mass is 32.2. The summed E-state index contributed by atoms with van der Waals surface area (Å²) in [5, 5.41) is 12.7. The molecule has 120 valence electrons. The number of hydrogen-bond acceptors (Lipinski definition) is 6. The highest BCUT2D eigenvalue weighted by Crippen LogP contribution is 2.33. The molecule has 6 nitrogen and oxygen atoms in total. The van der Waals surface area contributed by atoms with Crippen molar-refractivity contribution in [3.05, 3.63) is 46.3 Å². The molecular weight excluding hydrogens is 332 g/mol. The highest BCUT2D eigenvalue weighted by Gasteiger charge is 2.28. The number of azide groups is 1. The van der Waals surface area contributed by atoms with Crippen molar-refractivity contribution in [2.45, 2.75) is 24.5 Å². The van der Waals surface area contributed by atoms with E-state index in [1.54, 1.807) is 6.92 Å². The Morgan fingerprint density at radius 1 is 1.52 bits per heavy atom. The van der Waals surface area contributed by atoms with E-state index < -0.39 is 10.7 Å². The first-order valence-corrected chi connectivity index (χ1v) is 8.09. The Balaban J connectivity index is 2.51. The van der Waals surface area contributed by atoms with Crippen molar-refractivity contribution in [1.82, 2.24) is 0 Å². The second-order valence-electron chi connectivity index (χ2n) is 4.77. The quantitative estimate of drug-likeness (QED) is 0.176. The Hall–Kier alpha value is -2.07. The molecule has 0 heterocycles. The van der Waals surface area contributed by atoms with Crippen molar-refractivity contribution in [3.63, 3.8) is 0 Å². The Morgan fingerprint density at radius 3 is 2.83 bits per heavy atom. The fourth-order valence-electron chi connectivity index (χ4n) is 1.63. The number of benzene rings is 1. The molecule has 0 aliphatic rings. The minimum absolute atomic E-state index is 0.0434. The Morgan fingerprint density at radius 2 is 2.22 bits per heavy atom. The number of thiocarbonyl (C=S) groups is 1. The maximum Gasteiger partial charge on any atom is 0.305 e. The van der Waals surface area contributed by atoms with Crippen LogP contribution < -0.4 is 0 Å². The van der Waals surface area contributed by atoms with Gasteiger partial charge in [0.15, 0.2) is 0 Å². The van der Waals surface area contributed by atoms with Gasteiger partial charge in [-0.15, -0.1) is 0 Å². The van der Waals surface area contributed by atoms with E-state index in [4.69, 9.17) is 22.5 Å². The number of esters is 1. The van der Waals surface area contributed by atoms with Gasteiger partial charge >= 0.3 is 5.97 Å². The molecule has 1 aromatic rings. The Bertz CT molecular complexity index is 639. The van der Waals surface area contributed by atoms with E-state index in [2.05, 4.69) is 16.1 Å². The summed E-state index contributed by atoms with van der Waals surface area (Å²) in [7, 11) is 0. The number of ether oxygens (including phenoxy) is 1. The molecule has 0 amide bonds. The molecule has 0 spiro atoms. The fourth-order valence-corrected chi connectivity index (χ4v) is 3.23. The molecule has 0 saturated carbocycles. The van der Waals surface area contributed by atoms with Crippen molar-refractivity contribution in [3.8, 4) is 6.07 Å². The molecule has 0 aliphatic heterocycles. The molecule has 0 radical (unpaired) electrons. The second-order valence-corrected chi connectivity index (χ2v) is 6.95. The van der Waals surface area contributed by atoms with E-state index in [1.807, 2.05) is 30.3 Å². The lowest BCUT2D eigenvalue weighted by Gasteiger charge is -2.20. The molecule has 23 heavy (non-hydrogen) atoms. The van der Waals surface area contributed by atoms with Gasteiger partial charge in [0.1, 0.15) is 4.75 Å². The summed E-state index contributed by atoms with van der Waals surface area (Å²) in [6.45, 7) is 1.90. The van der Waals surface area contributed by atoms with Crippen LogP contribution in [0, 0.1) is 11.3 Å². The molecule has 1 aromatic carbocycles. The monoisotopic (exact) mass is 348 g/mol. The molecular formula is C15H16N4O2S2. The number of hydrogen-bond donors (Lipinski definition) is 0. The normalized spacial score (nSPS) is 12.3. The third-order valence-electron chi connectivity index (χ3n) is 2.89. The van der Waals surface area contributed by atoms with Gasteiger partial charge in [0, 0.05) is 11.3 Å². The smallest absolute Gasteiger partial charge is 0.305 e. The van der Waals surface area contributed by atoms with Gasteiger partial charge in [-0.05, 0) is 24.4 Å². The predicted octanol–water partition coefficient (Wildman–Crippen LogP) is 4.01. The number of nitrogens with zero attached hydrogens (tertiary/aromatic N) is 4. The predicted molar refractivity (Wildman–Crippen MR) is 94.0 cm³/mol. The van der Waals surface area contributed by atoms with Crippen molar-refractivity contribution >= 4 is 34.1 Å². The number of thioether (sulfide) groups is 1. The van der Waals surface area contributed by atoms with Crippen molar-refractivity contribution in [2.75, 3.05) is 13.2 Å². The SMILES string of the molecule is CC(C#N)(CCC(=O)OCCN=[N+]=[N-])SC(=S)c1ccccc1. The lowest BCUT2D eigenvalue weighted by molar-refractivity contribution is -0.143. The number of carbonyl (C=O) groups excluding carboxylic acids is 1. The zero-order valence-corrected chi connectivity index (χ0v) is 14.3. The molecule has 8 heteroatoms. The van der Waals surface area contributed by atoms with Gasteiger partial charge in [-0.25, -0.2) is 0 Å². The lowest BCUT2D eigenvalue weighted by Crippen LogP contribution is -2.22. The number of rotatable bonds is 8. The molecule has 0 N–H and O–H groups in total. The van der Waals surface area contributed by atoms with E-state index in [1.165, 1.54) is 11.8 Å². The van der Waals surface area contributed by atoms with Gasteiger partial charge in [0.25, 0.3) is 0 Å². The van der Waals surface area contributed by atoms with E-state index in [-0.39, 0.29) is 19.6 Å². The van der Waals surface area contributed by atoms with Gasteiger partial charge in [-0.3, -0.25) is 4.79 Å². The molecule has 0 aliphatic carbocycles. The maximum absolute atomic E-state index is 11.6. The zero-order chi connectivity index (χ0) is 17.1. The summed E-state index contributed by atoms with van der Waals surface area (Å²) in [5.74, 6) is -0.425. The lowest BCUT2D eigenvalue weighted by atomic mass is 10.1. The highest BCUT2D eigenvalue weighted by molar-refractivity contribution is 8.24. The Labute approximate surface area is 144 Å². The first-order valence-electron chi connectivity index (χ1n) is 6.87. The molecule has 0 bridgehead atoms. The zero-order valence-electron chi connectivity index (χ0n) is 12.6. The summed E-state index contributed by atoms with van der Waals surface area (Å²) in [6.07, 6.45) is 0.423. The summed E-state index contributed by atoms with van der Waals surface area (Å²) < 4.78 is 4.73. The van der Waals surface area contributed by atoms with Gasteiger partial charge in [0.2, 0.25) is 0 Å². The van der Waals surface area contributed by atoms with Crippen LogP contribution in [-0.2, 0) is 9.53 Å². The van der Waals surface area contributed by atoms with Crippen LogP contribution in [-0.4, -0.2) is 28.1 Å².